The molecule has 2 aliphatic rings. The average Bonchev–Trinajstić information content (AvgIpc) is 2.31. The van der Waals surface area contributed by atoms with Crippen LogP contribution in [0.15, 0.2) is 18.2 Å². The van der Waals surface area contributed by atoms with E-state index in [1.807, 2.05) is 12.1 Å². The Morgan fingerprint density at radius 2 is 2.19 bits per heavy atom. The molecule has 16 heavy (non-hydrogen) atoms. The van der Waals surface area contributed by atoms with E-state index in [9.17, 15) is 4.79 Å². The van der Waals surface area contributed by atoms with E-state index in [0.717, 1.165) is 25.2 Å². The normalized spacial score (nSPS) is 27.9. The van der Waals surface area contributed by atoms with E-state index < -0.39 is 0 Å². The lowest BCUT2D eigenvalue weighted by atomic mass is 9.77. The van der Waals surface area contributed by atoms with Crippen LogP contribution in [0.5, 0.6) is 0 Å². The molecule has 2 atom stereocenters. The summed E-state index contributed by atoms with van der Waals surface area (Å²) in [5.74, 6) is 0.473. The van der Waals surface area contributed by atoms with Crippen LogP contribution in [0.25, 0.3) is 0 Å². The van der Waals surface area contributed by atoms with Crippen LogP contribution >= 0.6 is 11.6 Å². The number of halogens is 1. The van der Waals surface area contributed by atoms with E-state index in [0.29, 0.717) is 10.9 Å². The maximum Gasteiger partial charge on any atom is 0.229 e. The van der Waals surface area contributed by atoms with Gasteiger partial charge in [-0.15, -0.1) is 0 Å². The first-order valence-electron chi connectivity index (χ1n) is 5.57. The fourth-order valence-corrected chi connectivity index (χ4v) is 2.93. The number of benzene rings is 1. The molecule has 2 unspecified atom stereocenters. The second-order valence-electron chi connectivity index (χ2n) is 4.40. The van der Waals surface area contributed by atoms with Crippen LogP contribution in [0, 0.1) is 5.92 Å². The summed E-state index contributed by atoms with van der Waals surface area (Å²) in [7, 11) is 0. The highest BCUT2D eigenvalue weighted by Gasteiger charge is 2.37. The maximum absolute atomic E-state index is 11.9. The molecule has 0 saturated carbocycles. The van der Waals surface area contributed by atoms with E-state index in [4.69, 9.17) is 11.6 Å². The van der Waals surface area contributed by atoms with E-state index in [1.54, 1.807) is 0 Å². The molecule has 2 N–H and O–H groups in total. The summed E-state index contributed by atoms with van der Waals surface area (Å²) in [5.41, 5.74) is 2.01. The molecule has 1 amide bonds. The Kier molecular flexibility index (Phi) is 2.37. The van der Waals surface area contributed by atoms with E-state index in [-0.39, 0.29) is 11.8 Å². The minimum atomic E-state index is 0.0553. The zero-order valence-corrected chi connectivity index (χ0v) is 9.55. The van der Waals surface area contributed by atoms with Gasteiger partial charge in [-0.3, -0.25) is 4.79 Å². The first-order chi connectivity index (χ1) is 7.77. The molecule has 2 aliphatic heterocycles. The maximum atomic E-state index is 11.9. The van der Waals surface area contributed by atoms with Crippen LogP contribution < -0.4 is 10.6 Å². The number of carbonyl (C=O) groups excluding carboxylic acids is 1. The largest absolute Gasteiger partial charge is 0.324 e. The summed E-state index contributed by atoms with van der Waals surface area (Å²) in [6.07, 6.45) is 1.01. The Bertz CT molecular complexity index is 447. The molecule has 84 valence electrons. The topological polar surface area (TPSA) is 41.1 Å². The average molecular weight is 237 g/mol. The monoisotopic (exact) mass is 236 g/mol. The van der Waals surface area contributed by atoms with Crippen LogP contribution in [0.3, 0.4) is 0 Å². The van der Waals surface area contributed by atoms with Gasteiger partial charge in [0, 0.05) is 12.5 Å². The molecule has 0 aromatic heterocycles. The number of hydrogen-bond donors (Lipinski definition) is 2. The lowest BCUT2D eigenvalue weighted by Crippen LogP contribution is -2.44. The lowest BCUT2D eigenvalue weighted by Gasteiger charge is -2.36. The number of para-hydroxylation sites is 1. The highest BCUT2D eigenvalue weighted by molar-refractivity contribution is 6.34. The second-order valence-corrected chi connectivity index (χ2v) is 4.81. The summed E-state index contributed by atoms with van der Waals surface area (Å²) >= 11 is 6.11. The molecule has 1 aromatic carbocycles. The van der Waals surface area contributed by atoms with Gasteiger partial charge in [-0.05, 0) is 24.6 Å². The lowest BCUT2D eigenvalue weighted by molar-refractivity contribution is -0.121. The van der Waals surface area contributed by atoms with Gasteiger partial charge in [-0.25, -0.2) is 0 Å². The Morgan fingerprint density at radius 3 is 3.06 bits per heavy atom. The summed E-state index contributed by atoms with van der Waals surface area (Å²) in [5, 5.41) is 6.82. The highest BCUT2D eigenvalue weighted by Crippen LogP contribution is 2.42. The standard InChI is InChI=1S/C12H13ClN2O/c13-10-3-1-2-8-7-4-5-14-6-9(7)12(16)15-11(8)10/h1-3,7,9,14H,4-6H2,(H,15,16). The van der Waals surface area contributed by atoms with E-state index >= 15 is 0 Å². The first-order valence-corrected chi connectivity index (χ1v) is 5.95. The van der Waals surface area contributed by atoms with Gasteiger partial charge in [0.1, 0.15) is 0 Å². The quantitative estimate of drug-likeness (QED) is 0.723. The van der Waals surface area contributed by atoms with Gasteiger partial charge in [0.2, 0.25) is 5.91 Å². The third-order valence-corrected chi connectivity index (χ3v) is 3.83. The van der Waals surface area contributed by atoms with Crippen LogP contribution in [0.2, 0.25) is 5.02 Å². The Balaban J connectivity index is 2.10. The molecule has 0 aliphatic carbocycles. The molecule has 2 heterocycles. The van der Waals surface area contributed by atoms with Crippen LogP contribution in [-0.4, -0.2) is 19.0 Å². The van der Waals surface area contributed by atoms with Gasteiger partial charge in [0.05, 0.1) is 16.6 Å². The van der Waals surface area contributed by atoms with Crippen molar-refractivity contribution in [2.24, 2.45) is 5.92 Å². The van der Waals surface area contributed by atoms with Crippen molar-refractivity contribution in [3.63, 3.8) is 0 Å². The predicted molar refractivity (Wildman–Crippen MR) is 63.8 cm³/mol. The Labute approximate surface area is 99.2 Å². The summed E-state index contributed by atoms with van der Waals surface area (Å²) in [4.78, 5) is 11.9. The molecule has 0 bridgehead atoms. The van der Waals surface area contributed by atoms with Gasteiger partial charge >= 0.3 is 0 Å². The molecule has 3 rings (SSSR count). The number of nitrogens with one attached hydrogen (secondary N) is 2. The number of anilines is 1. The van der Waals surface area contributed by atoms with Crippen molar-refractivity contribution < 1.29 is 4.79 Å². The molecular formula is C12H13ClN2O. The number of rotatable bonds is 0. The summed E-state index contributed by atoms with van der Waals surface area (Å²) in [6.45, 7) is 1.74. The van der Waals surface area contributed by atoms with Crippen LogP contribution in [-0.2, 0) is 4.79 Å². The minimum Gasteiger partial charge on any atom is -0.324 e. The third kappa shape index (κ3) is 1.43. The number of hydrogen-bond acceptors (Lipinski definition) is 2. The van der Waals surface area contributed by atoms with Crippen molar-refractivity contribution in [1.29, 1.82) is 0 Å². The molecule has 3 nitrogen and oxygen atoms in total. The zero-order chi connectivity index (χ0) is 11.1. The van der Waals surface area contributed by atoms with Crippen molar-refractivity contribution in [3.8, 4) is 0 Å². The SMILES string of the molecule is O=C1Nc2c(Cl)cccc2C2CCNCC12. The van der Waals surface area contributed by atoms with E-state index in [1.165, 1.54) is 5.56 Å². The van der Waals surface area contributed by atoms with Gasteiger partial charge in [-0.2, -0.15) is 0 Å². The summed E-state index contributed by atoms with van der Waals surface area (Å²) < 4.78 is 0. The molecule has 1 fully saturated rings. The van der Waals surface area contributed by atoms with Crippen molar-refractivity contribution in [2.75, 3.05) is 18.4 Å². The Hall–Kier alpha value is -1.06. The third-order valence-electron chi connectivity index (χ3n) is 3.51. The smallest absolute Gasteiger partial charge is 0.229 e. The van der Waals surface area contributed by atoms with Gasteiger partial charge in [0.15, 0.2) is 0 Å². The van der Waals surface area contributed by atoms with Crippen molar-refractivity contribution in [1.82, 2.24) is 5.32 Å². The predicted octanol–water partition coefficient (Wildman–Crippen LogP) is 1.99. The number of fused-ring (bicyclic) bond motifs is 3. The molecule has 0 radical (unpaired) electrons. The molecule has 4 heteroatoms. The molecule has 0 spiro atoms. The van der Waals surface area contributed by atoms with Gasteiger partial charge in [0.25, 0.3) is 0 Å². The zero-order valence-electron chi connectivity index (χ0n) is 8.79. The fraction of sp³-hybridized carbons (Fsp3) is 0.417. The van der Waals surface area contributed by atoms with Crippen molar-refractivity contribution in [2.45, 2.75) is 12.3 Å². The van der Waals surface area contributed by atoms with Gasteiger partial charge in [-0.1, -0.05) is 23.7 Å². The van der Waals surface area contributed by atoms with Gasteiger partial charge < -0.3 is 10.6 Å². The minimum absolute atomic E-state index is 0.0553. The fourth-order valence-electron chi connectivity index (χ4n) is 2.70. The second kappa shape index (κ2) is 3.75. The molecular weight excluding hydrogens is 224 g/mol. The summed E-state index contributed by atoms with van der Waals surface area (Å²) in [6, 6.07) is 5.85. The first kappa shape index (κ1) is 10.1. The van der Waals surface area contributed by atoms with E-state index in [2.05, 4.69) is 16.7 Å². The number of amides is 1. The number of carbonyl (C=O) groups is 1. The Morgan fingerprint density at radius 1 is 1.31 bits per heavy atom. The van der Waals surface area contributed by atoms with Crippen molar-refractivity contribution in [3.05, 3.63) is 28.8 Å². The number of piperidine rings is 1. The molecule has 1 aromatic rings. The van der Waals surface area contributed by atoms with Crippen molar-refractivity contribution >= 4 is 23.2 Å². The molecule has 1 saturated heterocycles. The highest BCUT2D eigenvalue weighted by atomic mass is 35.5. The van der Waals surface area contributed by atoms with Crippen LogP contribution in [0.1, 0.15) is 17.9 Å². The van der Waals surface area contributed by atoms with Crippen LogP contribution in [0.4, 0.5) is 5.69 Å².